The predicted octanol–water partition coefficient (Wildman–Crippen LogP) is 3.08. The van der Waals surface area contributed by atoms with Crippen LogP contribution in [0.25, 0.3) is 11.0 Å². The lowest BCUT2D eigenvalue weighted by atomic mass is 9.67. The number of aliphatic hydroxyl groups is 1. The van der Waals surface area contributed by atoms with Crippen LogP contribution >= 0.6 is 0 Å². The average Bonchev–Trinajstić information content (AvgIpc) is 3.30. The van der Waals surface area contributed by atoms with E-state index in [2.05, 4.69) is 32.0 Å². The molecule has 2 N–H and O–H groups in total. The number of nitrogens with zero attached hydrogens (tertiary/aromatic N) is 3. The molecule has 0 amide bonds. The van der Waals surface area contributed by atoms with Crippen molar-refractivity contribution in [3.05, 3.63) is 54.5 Å². The first-order valence-corrected chi connectivity index (χ1v) is 9.06. The maximum atomic E-state index is 11.6. The third kappa shape index (κ3) is 2.26. The third-order valence-electron chi connectivity index (χ3n) is 6.09. The number of hydrogen-bond acceptors (Lipinski definition) is 4. The summed E-state index contributed by atoms with van der Waals surface area (Å²) in [5.74, 6) is 1.73. The van der Waals surface area contributed by atoms with Crippen molar-refractivity contribution in [1.82, 2.24) is 15.0 Å². The molecule has 2 aromatic heterocycles. The second kappa shape index (κ2) is 5.56. The van der Waals surface area contributed by atoms with Gasteiger partial charge < -0.3 is 15.0 Å². The summed E-state index contributed by atoms with van der Waals surface area (Å²) in [4.78, 5) is 14.4. The Morgan fingerprint density at radius 3 is 2.88 bits per heavy atom. The first-order chi connectivity index (χ1) is 12.3. The van der Waals surface area contributed by atoms with Crippen molar-refractivity contribution in [2.24, 2.45) is 11.8 Å². The average molecular weight is 334 g/mol. The summed E-state index contributed by atoms with van der Waals surface area (Å²) in [6.45, 7) is 1.80. The Hall–Kier alpha value is -2.40. The summed E-state index contributed by atoms with van der Waals surface area (Å²) >= 11 is 0. The second-order valence-electron chi connectivity index (χ2n) is 7.39. The van der Waals surface area contributed by atoms with Crippen LogP contribution in [0.1, 0.15) is 24.8 Å². The Bertz CT molecular complexity index is 893. The first-order valence-electron chi connectivity index (χ1n) is 9.06. The SMILES string of the molecule is OC1(c2ccccc2)CCCC2CN(c3ncnc4[nH]ccc34)CC21. The van der Waals surface area contributed by atoms with E-state index in [0.717, 1.165) is 48.3 Å². The third-order valence-corrected chi connectivity index (χ3v) is 6.09. The monoisotopic (exact) mass is 334 g/mol. The van der Waals surface area contributed by atoms with Gasteiger partial charge in [-0.3, -0.25) is 0 Å². The molecule has 3 atom stereocenters. The molecule has 0 spiro atoms. The summed E-state index contributed by atoms with van der Waals surface area (Å²) in [6.07, 6.45) is 6.63. The molecule has 25 heavy (non-hydrogen) atoms. The van der Waals surface area contributed by atoms with Gasteiger partial charge in [0.15, 0.2) is 0 Å². The van der Waals surface area contributed by atoms with Gasteiger partial charge in [-0.2, -0.15) is 0 Å². The van der Waals surface area contributed by atoms with Crippen LogP contribution in [0, 0.1) is 11.8 Å². The smallest absolute Gasteiger partial charge is 0.142 e. The van der Waals surface area contributed by atoms with E-state index >= 15 is 0 Å². The molecule has 3 heterocycles. The molecule has 0 radical (unpaired) electrons. The lowest BCUT2D eigenvalue weighted by Gasteiger charge is -2.41. The van der Waals surface area contributed by atoms with E-state index < -0.39 is 5.60 Å². The molecule has 128 valence electrons. The molecule has 5 nitrogen and oxygen atoms in total. The van der Waals surface area contributed by atoms with Crippen LogP contribution in [-0.4, -0.2) is 33.1 Å². The van der Waals surface area contributed by atoms with Crippen LogP contribution in [-0.2, 0) is 5.60 Å². The molecule has 2 fully saturated rings. The zero-order chi connectivity index (χ0) is 16.9. The predicted molar refractivity (Wildman–Crippen MR) is 97.3 cm³/mol. The Morgan fingerprint density at radius 1 is 1.12 bits per heavy atom. The molecule has 1 aromatic carbocycles. The summed E-state index contributed by atoms with van der Waals surface area (Å²) in [6, 6.07) is 12.2. The van der Waals surface area contributed by atoms with Crippen molar-refractivity contribution in [3.8, 4) is 0 Å². The Morgan fingerprint density at radius 2 is 2.00 bits per heavy atom. The van der Waals surface area contributed by atoms with Gasteiger partial charge in [0.25, 0.3) is 0 Å². The van der Waals surface area contributed by atoms with Crippen molar-refractivity contribution in [2.45, 2.75) is 24.9 Å². The molecule has 3 unspecified atom stereocenters. The van der Waals surface area contributed by atoms with E-state index in [1.807, 2.05) is 30.5 Å². The van der Waals surface area contributed by atoms with Gasteiger partial charge in [0.05, 0.1) is 11.0 Å². The molecule has 3 aromatic rings. The highest BCUT2D eigenvalue weighted by Crippen LogP contribution is 2.49. The standard InChI is InChI=1S/C20H22N4O/c25-20(15-6-2-1-3-7-15)9-4-5-14-11-24(12-17(14)20)19-16-8-10-21-18(16)22-13-23-19/h1-3,6-8,10,13-14,17,25H,4-5,9,11-12H2,(H,21,22,23). The Labute approximate surface area is 146 Å². The topological polar surface area (TPSA) is 65.0 Å². The van der Waals surface area contributed by atoms with Gasteiger partial charge in [-0.25, -0.2) is 9.97 Å². The van der Waals surface area contributed by atoms with E-state index in [1.165, 1.54) is 6.42 Å². The maximum Gasteiger partial charge on any atom is 0.142 e. The number of benzene rings is 1. The number of fused-ring (bicyclic) bond motifs is 2. The highest BCUT2D eigenvalue weighted by atomic mass is 16.3. The molecule has 1 saturated heterocycles. The second-order valence-corrected chi connectivity index (χ2v) is 7.39. The lowest BCUT2D eigenvalue weighted by Crippen LogP contribution is -2.42. The van der Waals surface area contributed by atoms with Gasteiger partial charge in [0.2, 0.25) is 0 Å². The summed E-state index contributed by atoms with van der Waals surface area (Å²) in [7, 11) is 0. The molecule has 1 aliphatic heterocycles. The fourth-order valence-electron chi connectivity index (χ4n) is 4.89. The largest absolute Gasteiger partial charge is 0.385 e. The van der Waals surface area contributed by atoms with E-state index in [9.17, 15) is 5.11 Å². The molecule has 0 bridgehead atoms. The molecule has 2 aliphatic rings. The van der Waals surface area contributed by atoms with Gasteiger partial charge >= 0.3 is 0 Å². The van der Waals surface area contributed by atoms with Gasteiger partial charge in [-0.05, 0) is 36.8 Å². The number of nitrogens with one attached hydrogen (secondary N) is 1. The fraction of sp³-hybridized carbons (Fsp3) is 0.400. The van der Waals surface area contributed by atoms with Gasteiger partial charge in [-0.1, -0.05) is 30.3 Å². The Balaban J connectivity index is 1.51. The number of rotatable bonds is 2. The van der Waals surface area contributed by atoms with Crippen molar-refractivity contribution < 1.29 is 5.11 Å². The molecular formula is C20H22N4O. The van der Waals surface area contributed by atoms with E-state index in [1.54, 1.807) is 6.33 Å². The number of aromatic nitrogens is 3. The fourth-order valence-corrected chi connectivity index (χ4v) is 4.89. The van der Waals surface area contributed by atoms with Crippen LogP contribution in [0.15, 0.2) is 48.9 Å². The van der Waals surface area contributed by atoms with Gasteiger partial charge in [-0.15, -0.1) is 0 Å². The van der Waals surface area contributed by atoms with Crippen molar-refractivity contribution in [3.63, 3.8) is 0 Å². The van der Waals surface area contributed by atoms with E-state index in [4.69, 9.17) is 0 Å². The van der Waals surface area contributed by atoms with Gasteiger partial charge in [0.1, 0.15) is 17.8 Å². The molecule has 1 saturated carbocycles. The quantitative estimate of drug-likeness (QED) is 0.756. The molecule has 5 rings (SSSR count). The van der Waals surface area contributed by atoms with Crippen molar-refractivity contribution in [1.29, 1.82) is 0 Å². The highest BCUT2D eigenvalue weighted by molar-refractivity contribution is 5.87. The van der Waals surface area contributed by atoms with Crippen LogP contribution in [0.3, 0.4) is 0 Å². The van der Waals surface area contributed by atoms with Crippen LogP contribution in [0.2, 0.25) is 0 Å². The van der Waals surface area contributed by atoms with E-state index in [0.29, 0.717) is 5.92 Å². The van der Waals surface area contributed by atoms with E-state index in [-0.39, 0.29) is 5.92 Å². The normalized spacial score (nSPS) is 29.1. The van der Waals surface area contributed by atoms with Crippen molar-refractivity contribution in [2.75, 3.05) is 18.0 Å². The van der Waals surface area contributed by atoms with Crippen molar-refractivity contribution >= 4 is 16.9 Å². The molecular weight excluding hydrogens is 312 g/mol. The summed E-state index contributed by atoms with van der Waals surface area (Å²) < 4.78 is 0. The number of aromatic amines is 1. The first kappa shape index (κ1) is 14.9. The minimum absolute atomic E-state index is 0.243. The van der Waals surface area contributed by atoms with Gasteiger partial charge in [0, 0.05) is 25.2 Å². The minimum atomic E-state index is -0.733. The maximum absolute atomic E-state index is 11.6. The highest BCUT2D eigenvalue weighted by Gasteiger charge is 2.50. The lowest BCUT2D eigenvalue weighted by molar-refractivity contribution is -0.0631. The van der Waals surface area contributed by atoms with Crippen LogP contribution in [0.4, 0.5) is 5.82 Å². The Kier molecular flexibility index (Phi) is 3.31. The zero-order valence-corrected chi connectivity index (χ0v) is 14.1. The summed E-state index contributed by atoms with van der Waals surface area (Å²) in [5.41, 5.74) is 1.20. The number of hydrogen-bond donors (Lipinski definition) is 2. The van der Waals surface area contributed by atoms with Crippen LogP contribution in [0.5, 0.6) is 0 Å². The minimum Gasteiger partial charge on any atom is -0.385 e. The molecule has 1 aliphatic carbocycles. The number of anilines is 1. The molecule has 5 heteroatoms. The van der Waals surface area contributed by atoms with Crippen LogP contribution < -0.4 is 4.90 Å². The summed E-state index contributed by atoms with van der Waals surface area (Å²) in [5, 5.41) is 12.6. The zero-order valence-electron chi connectivity index (χ0n) is 14.1. The number of H-pyrrole nitrogens is 1.